The maximum Gasteiger partial charge on any atom is 0.319 e. The maximum absolute atomic E-state index is 12.3. The van der Waals surface area contributed by atoms with Gasteiger partial charge in [-0.2, -0.15) is 0 Å². The van der Waals surface area contributed by atoms with Gasteiger partial charge in [-0.05, 0) is 24.6 Å². The van der Waals surface area contributed by atoms with Gasteiger partial charge in [0.1, 0.15) is 0 Å². The molecule has 0 aliphatic rings. The molecule has 3 aromatic rings. The molecule has 0 saturated heterocycles. The number of rotatable bonds is 4. The number of carbonyl (C=O) groups excluding carboxylic acids is 1. The van der Waals surface area contributed by atoms with Crippen molar-refractivity contribution >= 4 is 28.2 Å². The second kappa shape index (κ2) is 7.00. The van der Waals surface area contributed by atoms with E-state index in [4.69, 9.17) is 0 Å². The van der Waals surface area contributed by atoms with Crippen molar-refractivity contribution in [2.45, 2.75) is 13.0 Å². The van der Waals surface area contributed by atoms with Gasteiger partial charge in [-0.25, -0.2) is 4.79 Å². The van der Waals surface area contributed by atoms with Crippen LogP contribution in [0.4, 0.5) is 16.2 Å². The molecule has 0 aromatic heterocycles. The number of hydrogen-bond acceptors (Lipinski definition) is 3. The summed E-state index contributed by atoms with van der Waals surface area (Å²) in [6.07, 6.45) is 0. The summed E-state index contributed by atoms with van der Waals surface area (Å²) in [7, 11) is 0. The van der Waals surface area contributed by atoms with Gasteiger partial charge in [0.2, 0.25) is 0 Å². The number of nitrogens with one attached hydrogen (secondary N) is 2. The Labute approximate surface area is 144 Å². The van der Waals surface area contributed by atoms with E-state index in [0.717, 1.165) is 5.56 Å². The van der Waals surface area contributed by atoms with Crippen molar-refractivity contribution in [1.29, 1.82) is 0 Å². The lowest BCUT2D eigenvalue weighted by atomic mass is 10.1. The molecule has 0 aliphatic heterocycles. The first-order valence-corrected chi connectivity index (χ1v) is 7.85. The van der Waals surface area contributed by atoms with Crippen LogP contribution in [0.5, 0.6) is 0 Å². The van der Waals surface area contributed by atoms with Crippen LogP contribution in [-0.2, 0) is 0 Å². The van der Waals surface area contributed by atoms with E-state index in [1.54, 1.807) is 30.3 Å². The fraction of sp³-hybridized carbons (Fsp3) is 0.105. The predicted molar refractivity (Wildman–Crippen MR) is 97.6 cm³/mol. The summed E-state index contributed by atoms with van der Waals surface area (Å²) in [4.78, 5) is 23.0. The number of benzene rings is 3. The molecule has 3 aromatic carbocycles. The highest BCUT2D eigenvalue weighted by atomic mass is 16.6. The highest BCUT2D eigenvalue weighted by Gasteiger charge is 2.15. The first-order valence-electron chi connectivity index (χ1n) is 7.85. The first kappa shape index (κ1) is 16.4. The summed E-state index contributed by atoms with van der Waals surface area (Å²) >= 11 is 0. The standard InChI is InChI=1S/C19H17N3O3/c1-13(14-7-3-2-4-8-14)20-19(23)21-17-11-5-10-16-15(17)9-6-12-18(16)22(24)25/h2-13H,1H3,(H2,20,21,23)/t13-/m1/s1. The summed E-state index contributed by atoms with van der Waals surface area (Å²) in [5.41, 5.74) is 1.53. The van der Waals surface area contributed by atoms with Gasteiger partial charge in [0.25, 0.3) is 5.69 Å². The zero-order valence-electron chi connectivity index (χ0n) is 13.6. The molecule has 1 atom stereocenters. The first-order chi connectivity index (χ1) is 12.1. The minimum atomic E-state index is -0.427. The van der Waals surface area contributed by atoms with Crippen molar-refractivity contribution in [3.8, 4) is 0 Å². The van der Waals surface area contributed by atoms with Gasteiger partial charge >= 0.3 is 6.03 Å². The zero-order chi connectivity index (χ0) is 17.8. The zero-order valence-corrected chi connectivity index (χ0v) is 13.6. The molecule has 0 spiro atoms. The Hall–Kier alpha value is -3.41. The van der Waals surface area contributed by atoms with Crippen molar-refractivity contribution in [2.75, 3.05) is 5.32 Å². The van der Waals surface area contributed by atoms with Crippen LogP contribution in [0.25, 0.3) is 10.8 Å². The normalized spacial score (nSPS) is 11.7. The number of carbonyl (C=O) groups is 1. The fourth-order valence-corrected chi connectivity index (χ4v) is 2.74. The number of urea groups is 1. The summed E-state index contributed by atoms with van der Waals surface area (Å²) in [5, 5.41) is 17.9. The van der Waals surface area contributed by atoms with Crippen LogP contribution >= 0.6 is 0 Å². The van der Waals surface area contributed by atoms with Gasteiger partial charge in [-0.1, -0.05) is 48.5 Å². The molecule has 0 unspecified atom stereocenters. The molecule has 2 N–H and O–H groups in total. The Balaban J connectivity index is 1.82. The van der Waals surface area contributed by atoms with Crippen LogP contribution < -0.4 is 10.6 Å². The number of non-ortho nitro benzene ring substituents is 1. The number of nitro benzene ring substituents is 1. The maximum atomic E-state index is 12.3. The molecule has 6 nitrogen and oxygen atoms in total. The Morgan fingerprint density at radius 1 is 0.960 bits per heavy atom. The predicted octanol–water partition coefficient (Wildman–Crippen LogP) is 4.63. The molecule has 0 bridgehead atoms. The quantitative estimate of drug-likeness (QED) is 0.538. The SMILES string of the molecule is C[C@@H](NC(=O)Nc1cccc2c([N+](=O)[O-])cccc12)c1ccccc1. The Kier molecular flexibility index (Phi) is 4.61. The van der Waals surface area contributed by atoms with Crippen LogP contribution in [0.15, 0.2) is 66.7 Å². The average Bonchev–Trinajstić information content (AvgIpc) is 2.62. The van der Waals surface area contributed by atoms with Crippen molar-refractivity contribution in [1.82, 2.24) is 5.32 Å². The molecule has 2 amide bonds. The topological polar surface area (TPSA) is 84.3 Å². The number of nitro groups is 1. The van der Waals surface area contributed by atoms with E-state index in [1.165, 1.54) is 6.07 Å². The third-order valence-electron chi connectivity index (χ3n) is 3.99. The molecular weight excluding hydrogens is 318 g/mol. The van der Waals surface area contributed by atoms with Gasteiger partial charge in [0.15, 0.2) is 0 Å². The van der Waals surface area contributed by atoms with E-state index >= 15 is 0 Å². The van der Waals surface area contributed by atoms with Crippen molar-refractivity contribution in [3.05, 3.63) is 82.4 Å². The van der Waals surface area contributed by atoms with Crippen LogP contribution in [0.3, 0.4) is 0 Å². The third-order valence-corrected chi connectivity index (χ3v) is 3.99. The molecule has 0 radical (unpaired) electrons. The third kappa shape index (κ3) is 3.58. The molecule has 0 aliphatic carbocycles. The number of anilines is 1. The highest BCUT2D eigenvalue weighted by Crippen LogP contribution is 2.30. The van der Waals surface area contributed by atoms with Crippen LogP contribution in [0.2, 0.25) is 0 Å². The number of hydrogen-bond donors (Lipinski definition) is 2. The van der Waals surface area contributed by atoms with Gasteiger partial charge in [-0.3, -0.25) is 10.1 Å². The van der Waals surface area contributed by atoms with E-state index in [9.17, 15) is 14.9 Å². The lowest BCUT2D eigenvalue weighted by Crippen LogP contribution is -2.31. The molecule has 0 fully saturated rings. The molecular formula is C19H17N3O3. The van der Waals surface area contributed by atoms with Gasteiger partial charge in [0, 0.05) is 11.5 Å². The second-order valence-electron chi connectivity index (χ2n) is 5.67. The van der Waals surface area contributed by atoms with Gasteiger partial charge in [0.05, 0.1) is 22.0 Å². The van der Waals surface area contributed by atoms with Crippen molar-refractivity contribution in [3.63, 3.8) is 0 Å². The largest absolute Gasteiger partial charge is 0.331 e. The lowest BCUT2D eigenvalue weighted by Gasteiger charge is -2.16. The summed E-state index contributed by atoms with van der Waals surface area (Å²) in [6.45, 7) is 1.89. The van der Waals surface area contributed by atoms with Crippen LogP contribution in [0, 0.1) is 10.1 Å². The molecule has 126 valence electrons. The average molecular weight is 335 g/mol. The smallest absolute Gasteiger partial charge is 0.319 e. The lowest BCUT2D eigenvalue weighted by molar-refractivity contribution is -0.383. The van der Waals surface area contributed by atoms with Crippen molar-refractivity contribution < 1.29 is 9.72 Å². The molecule has 0 saturated carbocycles. The summed E-state index contributed by atoms with van der Waals surface area (Å²) < 4.78 is 0. The van der Waals surface area contributed by atoms with E-state index < -0.39 is 4.92 Å². The number of nitrogens with zero attached hydrogens (tertiary/aromatic N) is 1. The molecule has 6 heteroatoms. The van der Waals surface area contributed by atoms with E-state index in [0.29, 0.717) is 16.5 Å². The number of fused-ring (bicyclic) bond motifs is 1. The Morgan fingerprint density at radius 2 is 1.64 bits per heavy atom. The Bertz CT molecular complexity index is 926. The van der Waals surface area contributed by atoms with Crippen LogP contribution in [-0.4, -0.2) is 11.0 Å². The minimum absolute atomic E-state index is 0.0132. The monoisotopic (exact) mass is 335 g/mol. The summed E-state index contributed by atoms with van der Waals surface area (Å²) in [5.74, 6) is 0. The summed E-state index contributed by atoms with van der Waals surface area (Å²) in [6, 6.07) is 19.0. The fourth-order valence-electron chi connectivity index (χ4n) is 2.74. The highest BCUT2D eigenvalue weighted by molar-refractivity contribution is 6.04. The minimum Gasteiger partial charge on any atom is -0.331 e. The molecule has 3 rings (SSSR count). The second-order valence-corrected chi connectivity index (χ2v) is 5.67. The van der Waals surface area contributed by atoms with E-state index in [1.807, 2.05) is 37.3 Å². The van der Waals surface area contributed by atoms with E-state index in [-0.39, 0.29) is 17.8 Å². The van der Waals surface area contributed by atoms with E-state index in [2.05, 4.69) is 10.6 Å². The number of amides is 2. The van der Waals surface area contributed by atoms with Gasteiger partial charge < -0.3 is 10.6 Å². The Morgan fingerprint density at radius 3 is 2.36 bits per heavy atom. The molecule has 0 heterocycles. The van der Waals surface area contributed by atoms with Gasteiger partial charge in [-0.15, -0.1) is 0 Å². The molecule has 25 heavy (non-hydrogen) atoms. The van der Waals surface area contributed by atoms with Crippen molar-refractivity contribution in [2.24, 2.45) is 0 Å². The van der Waals surface area contributed by atoms with Crippen LogP contribution in [0.1, 0.15) is 18.5 Å².